The van der Waals surface area contributed by atoms with Crippen LogP contribution in [-0.2, 0) is 4.74 Å². The van der Waals surface area contributed by atoms with Crippen LogP contribution < -0.4 is 10.6 Å². The maximum atomic E-state index is 5.26. The first-order valence-corrected chi connectivity index (χ1v) is 6.60. The van der Waals surface area contributed by atoms with E-state index in [1.54, 1.807) is 7.11 Å². The van der Waals surface area contributed by atoms with Crippen LogP contribution >= 0.6 is 12.2 Å². The number of methoxy groups -OCH3 is 1. The van der Waals surface area contributed by atoms with E-state index in [0.29, 0.717) is 17.6 Å². The largest absolute Gasteiger partial charge is 0.383 e. The second-order valence-corrected chi connectivity index (χ2v) is 5.14. The van der Waals surface area contributed by atoms with E-state index in [1.165, 1.54) is 5.56 Å². The molecule has 0 radical (unpaired) electrons. The fourth-order valence-electron chi connectivity index (χ4n) is 1.66. The van der Waals surface area contributed by atoms with Crippen molar-refractivity contribution < 1.29 is 4.74 Å². The molecule has 0 aromatic heterocycles. The Labute approximate surface area is 115 Å². The van der Waals surface area contributed by atoms with E-state index >= 15 is 0 Å². The first-order valence-electron chi connectivity index (χ1n) is 6.19. The molecular weight excluding hydrogens is 244 g/mol. The fraction of sp³-hybridized carbons (Fsp3) is 0.500. The van der Waals surface area contributed by atoms with Gasteiger partial charge in [0.05, 0.1) is 6.61 Å². The zero-order chi connectivity index (χ0) is 13.5. The maximum Gasteiger partial charge on any atom is 0.171 e. The number of benzene rings is 1. The molecule has 1 rings (SSSR count). The quantitative estimate of drug-likeness (QED) is 0.802. The van der Waals surface area contributed by atoms with Gasteiger partial charge >= 0.3 is 0 Å². The maximum absolute atomic E-state index is 5.26. The molecule has 0 spiro atoms. The third kappa shape index (κ3) is 5.02. The van der Waals surface area contributed by atoms with E-state index in [0.717, 1.165) is 5.69 Å². The Balaban J connectivity index is 2.56. The third-order valence-corrected chi connectivity index (χ3v) is 2.83. The lowest BCUT2D eigenvalue weighted by molar-refractivity contribution is 0.179. The van der Waals surface area contributed by atoms with Gasteiger partial charge in [0.25, 0.3) is 0 Å². The van der Waals surface area contributed by atoms with Gasteiger partial charge in [0, 0.05) is 18.8 Å². The van der Waals surface area contributed by atoms with Gasteiger partial charge in [-0.3, -0.25) is 0 Å². The van der Waals surface area contributed by atoms with Crippen molar-refractivity contribution in [2.75, 3.05) is 19.0 Å². The molecule has 0 saturated heterocycles. The van der Waals surface area contributed by atoms with E-state index in [9.17, 15) is 0 Å². The topological polar surface area (TPSA) is 33.3 Å². The highest BCUT2D eigenvalue weighted by atomic mass is 32.1. The Morgan fingerprint density at radius 2 is 2.06 bits per heavy atom. The molecule has 18 heavy (non-hydrogen) atoms. The second kappa shape index (κ2) is 7.34. The molecule has 2 N–H and O–H groups in total. The van der Waals surface area contributed by atoms with Gasteiger partial charge in [-0.2, -0.15) is 0 Å². The van der Waals surface area contributed by atoms with Crippen molar-refractivity contribution in [1.82, 2.24) is 5.32 Å². The van der Waals surface area contributed by atoms with Crippen LogP contribution in [-0.4, -0.2) is 24.9 Å². The van der Waals surface area contributed by atoms with Crippen molar-refractivity contribution in [3.05, 3.63) is 29.8 Å². The van der Waals surface area contributed by atoms with Crippen LogP contribution in [0.5, 0.6) is 0 Å². The Hall–Kier alpha value is -1.13. The Morgan fingerprint density at radius 3 is 2.67 bits per heavy atom. The molecule has 0 fully saturated rings. The molecule has 3 nitrogen and oxygen atoms in total. The van der Waals surface area contributed by atoms with Crippen LogP contribution in [0.25, 0.3) is 0 Å². The molecule has 1 aromatic rings. The van der Waals surface area contributed by atoms with E-state index in [-0.39, 0.29) is 6.04 Å². The summed E-state index contributed by atoms with van der Waals surface area (Å²) in [6, 6.07) is 8.50. The number of ether oxygens (including phenoxy) is 1. The van der Waals surface area contributed by atoms with Crippen molar-refractivity contribution in [2.24, 2.45) is 0 Å². The first kappa shape index (κ1) is 14.9. The predicted octanol–water partition coefficient (Wildman–Crippen LogP) is 3.13. The van der Waals surface area contributed by atoms with Crippen molar-refractivity contribution in [2.45, 2.75) is 32.7 Å². The van der Waals surface area contributed by atoms with E-state index in [1.807, 2.05) is 19.1 Å². The van der Waals surface area contributed by atoms with Gasteiger partial charge in [0.15, 0.2) is 5.11 Å². The van der Waals surface area contributed by atoms with Crippen molar-refractivity contribution in [3.63, 3.8) is 0 Å². The number of rotatable bonds is 5. The van der Waals surface area contributed by atoms with Crippen molar-refractivity contribution >= 4 is 23.0 Å². The highest BCUT2D eigenvalue weighted by Crippen LogP contribution is 2.18. The van der Waals surface area contributed by atoms with Gasteiger partial charge < -0.3 is 15.4 Å². The lowest BCUT2D eigenvalue weighted by atomic mass is 10.0. The molecule has 0 amide bonds. The lowest BCUT2D eigenvalue weighted by Gasteiger charge is -2.17. The molecule has 0 bridgehead atoms. The molecule has 0 aliphatic carbocycles. The lowest BCUT2D eigenvalue weighted by Crippen LogP contribution is -2.38. The molecular formula is C14H22N2OS. The highest BCUT2D eigenvalue weighted by molar-refractivity contribution is 7.80. The monoisotopic (exact) mass is 266 g/mol. The average Bonchev–Trinajstić information content (AvgIpc) is 2.29. The molecule has 1 unspecified atom stereocenters. The zero-order valence-corrected chi connectivity index (χ0v) is 12.3. The van der Waals surface area contributed by atoms with E-state index in [2.05, 4.69) is 36.6 Å². The van der Waals surface area contributed by atoms with E-state index < -0.39 is 0 Å². The molecule has 0 heterocycles. The minimum absolute atomic E-state index is 0.197. The van der Waals surface area contributed by atoms with Crippen LogP contribution in [0, 0.1) is 0 Å². The smallest absolute Gasteiger partial charge is 0.171 e. The minimum Gasteiger partial charge on any atom is -0.383 e. The number of thiocarbonyl (C=S) groups is 1. The molecule has 100 valence electrons. The van der Waals surface area contributed by atoms with Gasteiger partial charge in [-0.25, -0.2) is 0 Å². The minimum atomic E-state index is 0.197. The van der Waals surface area contributed by atoms with Crippen molar-refractivity contribution in [3.8, 4) is 0 Å². The van der Waals surface area contributed by atoms with Gasteiger partial charge in [-0.05, 0) is 42.8 Å². The fourth-order valence-corrected chi connectivity index (χ4v) is 1.98. The summed E-state index contributed by atoms with van der Waals surface area (Å²) in [6.07, 6.45) is 0. The van der Waals surface area contributed by atoms with Crippen LogP contribution in [0.4, 0.5) is 5.69 Å². The summed E-state index contributed by atoms with van der Waals surface area (Å²) in [7, 11) is 1.68. The molecule has 0 aliphatic rings. The number of nitrogens with one attached hydrogen (secondary N) is 2. The van der Waals surface area contributed by atoms with Gasteiger partial charge in [-0.1, -0.05) is 26.0 Å². The summed E-state index contributed by atoms with van der Waals surface area (Å²) in [4.78, 5) is 0. The normalized spacial score (nSPS) is 12.3. The molecule has 1 atom stereocenters. The number of hydrogen-bond donors (Lipinski definition) is 2. The average molecular weight is 266 g/mol. The standard InChI is InChI=1S/C14H22N2OS/c1-10(2)12-6-5-7-13(8-12)16-14(18)15-11(3)9-17-4/h5-8,10-11H,9H2,1-4H3,(H2,15,16,18). The summed E-state index contributed by atoms with van der Waals surface area (Å²) < 4.78 is 5.06. The Kier molecular flexibility index (Phi) is 6.09. The molecule has 0 aliphatic heterocycles. The van der Waals surface area contributed by atoms with Gasteiger partial charge in [0.1, 0.15) is 0 Å². The molecule has 4 heteroatoms. The van der Waals surface area contributed by atoms with Gasteiger partial charge in [-0.15, -0.1) is 0 Å². The van der Waals surface area contributed by atoms with Crippen LogP contribution in [0.1, 0.15) is 32.3 Å². The Bertz CT molecular complexity index is 393. The summed E-state index contributed by atoms with van der Waals surface area (Å²) in [5, 5.41) is 6.99. The van der Waals surface area contributed by atoms with Crippen LogP contribution in [0.15, 0.2) is 24.3 Å². The van der Waals surface area contributed by atoms with Gasteiger partial charge in [0.2, 0.25) is 0 Å². The molecule has 1 aromatic carbocycles. The molecule has 0 saturated carbocycles. The highest BCUT2D eigenvalue weighted by Gasteiger charge is 2.05. The SMILES string of the molecule is COCC(C)NC(=S)Nc1cccc(C(C)C)c1. The van der Waals surface area contributed by atoms with E-state index in [4.69, 9.17) is 17.0 Å². The zero-order valence-electron chi connectivity index (χ0n) is 11.5. The van der Waals surface area contributed by atoms with Crippen LogP contribution in [0.2, 0.25) is 0 Å². The third-order valence-electron chi connectivity index (χ3n) is 2.61. The Morgan fingerprint density at radius 1 is 1.33 bits per heavy atom. The predicted molar refractivity (Wildman–Crippen MR) is 81.2 cm³/mol. The summed E-state index contributed by atoms with van der Waals surface area (Å²) in [5.74, 6) is 0.515. The first-order chi connectivity index (χ1) is 8.52. The summed E-state index contributed by atoms with van der Waals surface area (Å²) in [6.45, 7) is 7.02. The van der Waals surface area contributed by atoms with Crippen LogP contribution in [0.3, 0.4) is 0 Å². The summed E-state index contributed by atoms with van der Waals surface area (Å²) in [5.41, 5.74) is 2.32. The number of hydrogen-bond acceptors (Lipinski definition) is 2. The number of anilines is 1. The second-order valence-electron chi connectivity index (χ2n) is 4.74. The summed E-state index contributed by atoms with van der Waals surface area (Å²) >= 11 is 5.26. The van der Waals surface area contributed by atoms with Crippen molar-refractivity contribution in [1.29, 1.82) is 0 Å².